The van der Waals surface area contributed by atoms with Crippen molar-refractivity contribution in [2.45, 2.75) is 13.1 Å². The van der Waals surface area contributed by atoms with Crippen LogP contribution in [0, 0.1) is 5.82 Å². The molecule has 0 aromatic heterocycles. The predicted molar refractivity (Wildman–Crippen MR) is 89.9 cm³/mol. The van der Waals surface area contributed by atoms with Gasteiger partial charge in [0.25, 0.3) is 0 Å². The highest BCUT2D eigenvalue weighted by molar-refractivity contribution is 7.80. The number of benzene rings is 2. The minimum atomic E-state index is -0.240. The fourth-order valence-electron chi connectivity index (χ4n) is 2.30. The first-order valence-corrected chi connectivity index (χ1v) is 7.64. The summed E-state index contributed by atoms with van der Waals surface area (Å²) in [7, 11) is 1.92. The van der Waals surface area contributed by atoms with Crippen LogP contribution in [0.3, 0.4) is 0 Å². The second-order valence-corrected chi connectivity index (χ2v) is 5.72. The Morgan fingerprint density at radius 1 is 1.13 bits per heavy atom. The zero-order chi connectivity index (χ0) is 16.2. The lowest BCUT2D eigenvalue weighted by Gasteiger charge is -2.21. The molecule has 6 heteroatoms. The van der Waals surface area contributed by atoms with Crippen molar-refractivity contribution in [1.82, 2.24) is 10.2 Å². The molecular weight excluding hydrogens is 315 g/mol. The van der Waals surface area contributed by atoms with E-state index in [4.69, 9.17) is 21.7 Å². The Balaban J connectivity index is 1.54. The van der Waals surface area contributed by atoms with Crippen LogP contribution in [0.2, 0.25) is 0 Å². The van der Waals surface area contributed by atoms with Gasteiger partial charge in [0.1, 0.15) is 5.82 Å². The molecule has 2 aromatic carbocycles. The van der Waals surface area contributed by atoms with Crippen LogP contribution in [0.1, 0.15) is 11.1 Å². The zero-order valence-corrected chi connectivity index (χ0v) is 13.5. The van der Waals surface area contributed by atoms with Crippen LogP contribution in [0.4, 0.5) is 4.39 Å². The molecule has 0 saturated carbocycles. The van der Waals surface area contributed by atoms with Crippen molar-refractivity contribution >= 4 is 17.3 Å². The van der Waals surface area contributed by atoms with Crippen molar-refractivity contribution in [1.29, 1.82) is 0 Å². The molecule has 23 heavy (non-hydrogen) atoms. The highest BCUT2D eigenvalue weighted by atomic mass is 32.1. The van der Waals surface area contributed by atoms with E-state index in [2.05, 4.69) is 5.32 Å². The van der Waals surface area contributed by atoms with E-state index in [9.17, 15) is 4.39 Å². The molecule has 0 amide bonds. The summed E-state index contributed by atoms with van der Waals surface area (Å²) < 4.78 is 23.6. The Bertz CT molecular complexity index is 706. The van der Waals surface area contributed by atoms with Crippen molar-refractivity contribution in [2.75, 3.05) is 13.8 Å². The van der Waals surface area contributed by atoms with Crippen LogP contribution < -0.4 is 14.8 Å². The molecule has 0 radical (unpaired) electrons. The van der Waals surface area contributed by atoms with Gasteiger partial charge < -0.3 is 19.7 Å². The van der Waals surface area contributed by atoms with Gasteiger partial charge >= 0.3 is 0 Å². The third-order valence-electron chi connectivity index (χ3n) is 3.56. The van der Waals surface area contributed by atoms with Crippen molar-refractivity contribution in [2.24, 2.45) is 0 Å². The Labute approximate surface area is 139 Å². The van der Waals surface area contributed by atoms with E-state index in [-0.39, 0.29) is 12.6 Å². The number of nitrogens with zero attached hydrogens (tertiary/aromatic N) is 1. The Morgan fingerprint density at radius 2 is 1.83 bits per heavy atom. The van der Waals surface area contributed by atoms with Crippen LogP contribution in [-0.4, -0.2) is 23.9 Å². The molecule has 1 aliphatic heterocycles. The first kappa shape index (κ1) is 15.6. The number of rotatable bonds is 4. The summed E-state index contributed by atoms with van der Waals surface area (Å²) in [5.41, 5.74) is 2.06. The average molecular weight is 332 g/mol. The van der Waals surface area contributed by atoms with E-state index >= 15 is 0 Å². The normalized spacial score (nSPS) is 12.1. The molecular formula is C17H17FN2O2S. The van der Waals surface area contributed by atoms with E-state index in [0.717, 1.165) is 22.6 Å². The number of thiocarbonyl (C=S) groups is 1. The Kier molecular flexibility index (Phi) is 4.62. The van der Waals surface area contributed by atoms with Gasteiger partial charge in [-0.1, -0.05) is 18.2 Å². The minimum absolute atomic E-state index is 0.240. The lowest BCUT2D eigenvalue weighted by Crippen LogP contribution is -2.36. The fraction of sp³-hybridized carbons (Fsp3) is 0.235. The van der Waals surface area contributed by atoms with Gasteiger partial charge in [0.15, 0.2) is 16.6 Å². The van der Waals surface area contributed by atoms with Crippen molar-refractivity contribution in [3.8, 4) is 11.5 Å². The van der Waals surface area contributed by atoms with Gasteiger partial charge in [-0.15, -0.1) is 0 Å². The van der Waals surface area contributed by atoms with Gasteiger partial charge in [0.2, 0.25) is 6.79 Å². The summed E-state index contributed by atoms with van der Waals surface area (Å²) >= 11 is 5.38. The van der Waals surface area contributed by atoms with Crippen molar-refractivity contribution in [3.05, 3.63) is 59.4 Å². The third kappa shape index (κ3) is 3.90. The van der Waals surface area contributed by atoms with E-state index in [1.165, 1.54) is 12.1 Å². The number of nitrogens with one attached hydrogen (secondary N) is 1. The number of fused-ring (bicyclic) bond motifs is 1. The van der Waals surface area contributed by atoms with Crippen LogP contribution in [-0.2, 0) is 13.1 Å². The highest BCUT2D eigenvalue weighted by Gasteiger charge is 2.14. The van der Waals surface area contributed by atoms with E-state index in [0.29, 0.717) is 18.2 Å². The number of halogens is 1. The summed E-state index contributed by atoms with van der Waals surface area (Å²) in [5.74, 6) is 1.30. The molecule has 3 rings (SSSR count). The van der Waals surface area contributed by atoms with Crippen LogP contribution in [0.25, 0.3) is 0 Å². The molecule has 0 atom stereocenters. The highest BCUT2D eigenvalue weighted by Crippen LogP contribution is 2.32. The second-order valence-electron chi connectivity index (χ2n) is 5.33. The van der Waals surface area contributed by atoms with E-state index in [1.807, 2.05) is 30.1 Å². The van der Waals surface area contributed by atoms with Crippen LogP contribution in [0.15, 0.2) is 42.5 Å². The van der Waals surface area contributed by atoms with Gasteiger partial charge in [-0.05, 0) is 47.6 Å². The summed E-state index contributed by atoms with van der Waals surface area (Å²) in [4.78, 5) is 1.94. The molecule has 1 aliphatic rings. The number of ether oxygens (including phenoxy) is 2. The second kappa shape index (κ2) is 6.83. The summed E-state index contributed by atoms with van der Waals surface area (Å²) in [6.07, 6.45) is 0. The molecule has 2 aromatic rings. The van der Waals surface area contributed by atoms with Gasteiger partial charge in [-0.3, -0.25) is 0 Å². The lowest BCUT2D eigenvalue weighted by molar-refractivity contribution is 0.174. The summed E-state index contributed by atoms with van der Waals surface area (Å²) in [5, 5.41) is 3.80. The predicted octanol–water partition coefficient (Wildman–Crippen LogP) is 3.06. The van der Waals surface area contributed by atoms with Gasteiger partial charge in [-0.2, -0.15) is 0 Å². The SMILES string of the molecule is CN(Cc1ccc2c(c1)OCO2)C(=S)NCc1ccc(F)cc1. The minimum Gasteiger partial charge on any atom is -0.454 e. The molecule has 0 aliphatic carbocycles. The van der Waals surface area contributed by atoms with Gasteiger partial charge in [-0.25, -0.2) is 4.39 Å². The first-order valence-electron chi connectivity index (χ1n) is 7.24. The van der Waals surface area contributed by atoms with Crippen molar-refractivity contribution < 1.29 is 13.9 Å². The summed E-state index contributed by atoms with van der Waals surface area (Å²) in [6.45, 7) is 1.49. The first-order chi connectivity index (χ1) is 11.1. The number of hydrogen-bond donors (Lipinski definition) is 1. The maximum Gasteiger partial charge on any atom is 0.231 e. The third-order valence-corrected chi connectivity index (χ3v) is 4.02. The van der Waals surface area contributed by atoms with Crippen LogP contribution in [0.5, 0.6) is 11.5 Å². The zero-order valence-electron chi connectivity index (χ0n) is 12.7. The van der Waals surface area contributed by atoms with Gasteiger partial charge in [0.05, 0.1) is 0 Å². The van der Waals surface area contributed by atoms with Crippen LogP contribution >= 0.6 is 12.2 Å². The molecule has 0 unspecified atom stereocenters. The van der Waals surface area contributed by atoms with Crippen molar-refractivity contribution in [3.63, 3.8) is 0 Å². The smallest absolute Gasteiger partial charge is 0.231 e. The maximum absolute atomic E-state index is 12.9. The van der Waals surface area contributed by atoms with Gasteiger partial charge in [0, 0.05) is 20.1 Å². The molecule has 1 heterocycles. The monoisotopic (exact) mass is 332 g/mol. The molecule has 0 spiro atoms. The van der Waals surface area contributed by atoms with E-state index in [1.54, 1.807) is 12.1 Å². The molecule has 0 fully saturated rings. The fourth-order valence-corrected chi connectivity index (χ4v) is 2.44. The molecule has 4 nitrogen and oxygen atoms in total. The maximum atomic E-state index is 12.9. The molecule has 0 bridgehead atoms. The Hall–Kier alpha value is -2.34. The largest absolute Gasteiger partial charge is 0.454 e. The lowest BCUT2D eigenvalue weighted by atomic mass is 10.2. The summed E-state index contributed by atoms with van der Waals surface area (Å²) in [6, 6.07) is 12.2. The number of hydrogen-bond acceptors (Lipinski definition) is 3. The molecule has 0 saturated heterocycles. The standard InChI is InChI=1S/C17H17FN2O2S/c1-20(10-13-4-7-15-16(8-13)22-11-21-15)17(23)19-9-12-2-5-14(18)6-3-12/h2-8H,9-11H2,1H3,(H,19,23). The molecule has 120 valence electrons. The average Bonchev–Trinajstić information content (AvgIpc) is 3.01. The quantitative estimate of drug-likeness (QED) is 0.871. The van der Waals surface area contributed by atoms with E-state index < -0.39 is 0 Å². The molecule has 1 N–H and O–H groups in total. The Morgan fingerprint density at radius 3 is 2.61 bits per heavy atom. The topological polar surface area (TPSA) is 33.7 Å².